The molecular weight excluding hydrogens is 260 g/mol. The highest BCUT2D eigenvalue weighted by atomic mass is 32.2. The van der Waals surface area contributed by atoms with Gasteiger partial charge in [0, 0.05) is 13.1 Å². The highest BCUT2D eigenvalue weighted by molar-refractivity contribution is 7.89. The van der Waals surface area contributed by atoms with Crippen molar-refractivity contribution in [3.05, 3.63) is 17.9 Å². The van der Waals surface area contributed by atoms with E-state index in [0.29, 0.717) is 6.54 Å². The van der Waals surface area contributed by atoms with Crippen molar-refractivity contribution in [3.63, 3.8) is 0 Å². The maximum Gasteiger partial charge on any atom is 0.371 e. The third-order valence-electron chi connectivity index (χ3n) is 2.38. The fraction of sp³-hybridized carbons (Fsp3) is 0.500. The smallest absolute Gasteiger partial charge is 0.371 e. The van der Waals surface area contributed by atoms with Gasteiger partial charge in [0.2, 0.25) is 10.9 Å². The summed E-state index contributed by atoms with van der Waals surface area (Å²) in [7, 11) is -1.92. The van der Waals surface area contributed by atoms with Gasteiger partial charge >= 0.3 is 5.97 Å². The van der Waals surface area contributed by atoms with Crippen LogP contribution in [0.2, 0.25) is 0 Å². The van der Waals surface area contributed by atoms with Gasteiger partial charge in [0.15, 0.2) is 0 Å². The van der Waals surface area contributed by atoms with Crippen LogP contribution < -0.4 is 4.72 Å². The van der Waals surface area contributed by atoms with Crippen LogP contribution in [-0.4, -0.2) is 51.1 Å². The molecule has 0 saturated heterocycles. The first-order valence-electron chi connectivity index (χ1n) is 5.38. The van der Waals surface area contributed by atoms with Crippen LogP contribution >= 0.6 is 0 Å². The second-order valence-electron chi connectivity index (χ2n) is 3.72. The van der Waals surface area contributed by atoms with Crippen LogP contribution in [-0.2, 0) is 10.0 Å². The number of carboxylic acids is 1. The molecule has 0 radical (unpaired) electrons. The Labute approximate surface area is 105 Å². The summed E-state index contributed by atoms with van der Waals surface area (Å²) in [6, 6.07) is 2.23. The number of likely N-dealkylation sites (N-methyl/N-ethyl adjacent to an activating group) is 1. The van der Waals surface area contributed by atoms with Crippen molar-refractivity contribution < 1.29 is 22.7 Å². The van der Waals surface area contributed by atoms with Crippen LogP contribution in [0.5, 0.6) is 0 Å². The van der Waals surface area contributed by atoms with Gasteiger partial charge < -0.3 is 14.4 Å². The molecule has 0 bridgehead atoms. The molecule has 102 valence electrons. The van der Waals surface area contributed by atoms with E-state index in [1.807, 2.05) is 18.9 Å². The molecule has 0 saturated carbocycles. The number of sulfonamides is 1. The molecule has 1 heterocycles. The van der Waals surface area contributed by atoms with Crippen LogP contribution in [0, 0.1) is 0 Å². The molecule has 1 aromatic heterocycles. The lowest BCUT2D eigenvalue weighted by Crippen LogP contribution is -2.32. The van der Waals surface area contributed by atoms with Gasteiger partial charge in [0.05, 0.1) is 0 Å². The predicted molar refractivity (Wildman–Crippen MR) is 64.0 cm³/mol. The van der Waals surface area contributed by atoms with Crippen molar-refractivity contribution in [1.82, 2.24) is 9.62 Å². The number of nitrogens with zero attached hydrogens (tertiary/aromatic N) is 1. The summed E-state index contributed by atoms with van der Waals surface area (Å²) in [5.74, 6) is -1.71. The van der Waals surface area contributed by atoms with Crippen molar-refractivity contribution in [2.24, 2.45) is 0 Å². The van der Waals surface area contributed by atoms with Gasteiger partial charge in [0.1, 0.15) is 0 Å². The quantitative estimate of drug-likeness (QED) is 0.738. The summed E-state index contributed by atoms with van der Waals surface area (Å²) >= 11 is 0. The summed E-state index contributed by atoms with van der Waals surface area (Å²) in [6.07, 6.45) is 0. The van der Waals surface area contributed by atoms with E-state index >= 15 is 0 Å². The van der Waals surface area contributed by atoms with E-state index in [9.17, 15) is 13.2 Å². The molecule has 0 aliphatic heterocycles. The Hall–Kier alpha value is -1.38. The van der Waals surface area contributed by atoms with Gasteiger partial charge in [-0.15, -0.1) is 0 Å². The highest BCUT2D eigenvalue weighted by Gasteiger charge is 2.20. The zero-order valence-corrected chi connectivity index (χ0v) is 11.0. The normalized spacial score (nSPS) is 11.9. The third kappa shape index (κ3) is 3.83. The minimum absolute atomic E-state index is 0.232. The Balaban J connectivity index is 2.65. The Morgan fingerprint density at radius 3 is 2.67 bits per heavy atom. The first-order chi connectivity index (χ1) is 8.36. The SMILES string of the molecule is CCN(C)CCNS(=O)(=O)c1ccc(C(=O)O)o1. The van der Waals surface area contributed by atoms with Gasteiger partial charge in [-0.3, -0.25) is 0 Å². The molecule has 0 atom stereocenters. The Kier molecular flexibility index (Phi) is 4.88. The van der Waals surface area contributed by atoms with Gasteiger partial charge in [0.25, 0.3) is 10.0 Å². The van der Waals surface area contributed by atoms with E-state index < -0.39 is 21.8 Å². The minimum atomic E-state index is -3.78. The Morgan fingerprint density at radius 1 is 1.50 bits per heavy atom. The Bertz CT molecular complexity index is 508. The van der Waals surface area contributed by atoms with Crippen molar-refractivity contribution in [3.8, 4) is 0 Å². The lowest BCUT2D eigenvalue weighted by Gasteiger charge is -2.13. The fourth-order valence-corrected chi connectivity index (χ4v) is 2.13. The number of furan rings is 1. The number of hydrogen-bond acceptors (Lipinski definition) is 5. The van der Waals surface area contributed by atoms with E-state index in [2.05, 4.69) is 4.72 Å². The second kappa shape index (κ2) is 5.98. The average Bonchev–Trinajstić information content (AvgIpc) is 2.78. The molecule has 2 N–H and O–H groups in total. The fourth-order valence-electron chi connectivity index (χ4n) is 1.18. The third-order valence-corrected chi connectivity index (χ3v) is 3.72. The largest absolute Gasteiger partial charge is 0.475 e. The molecule has 0 aliphatic rings. The number of hydrogen-bond donors (Lipinski definition) is 2. The number of carboxylic acid groups (broad SMARTS) is 1. The molecule has 7 nitrogen and oxygen atoms in total. The lowest BCUT2D eigenvalue weighted by molar-refractivity contribution is 0.0656. The molecule has 18 heavy (non-hydrogen) atoms. The van der Waals surface area contributed by atoms with E-state index in [0.717, 1.165) is 18.7 Å². The summed E-state index contributed by atoms with van der Waals surface area (Å²) in [5.41, 5.74) is 0. The first kappa shape index (κ1) is 14.7. The number of carbonyl (C=O) groups is 1. The van der Waals surface area contributed by atoms with Crippen molar-refractivity contribution >= 4 is 16.0 Å². The monoisotopic (exact) mass is 276 g/mol. The predicted octanol–water partition coefficient (Wildman–Crippen LogP) is 0.208. The maximum absolute atomic E-state index is 11.7. The van der Waals surface area contributed by atoms with E-state index in [4.69, 9.17) is 9.52 Å². The zero-order valence-electron chi connectivity index (χ0n) is 10.2. The van der Waals surface area contributed by atoms with Gasteiger partial charge in [-0.05, 0) is 25.7 Å². The van der Waals surface area contributed by atoms with Gasteiger partial charge in [-0.1, -0.05) is 6.92 Å². The van der Waals surface area contributed by atoms with E-state index in [-0.39, 0.29) is 11.6 Å². The Morgan fingerprint density at radius 2 is 2.17 bits per heavy atom. The standard InChI is InChI=1S/C10H16N2O5S/c1-3-12(2)7-6-11-18(15,16)9-5-4-8(17-9)10(13)14/h4-5,11H,3,6-7H2,1-2H3,(H,13,14). The summed E-state index contributed by atoms with van der Waals surface area (Å²) in [4.78, 5) is 12.5. The summed E-state index contributed by atoms with van der Waals surface area (Å²) in [6.45, 7) is 3.56. The minimum Gasteiger partial charge on any atom is -0.475 e. The topological polar surface area (TPSA) is 99.9 Å². The molecular formula is C10H16N2O5S. The molecule has 0 spiro atoms. The second-order valence-corrected chi connectivity index (χ2v) is 5.42. The number of nitrogens with one attached hydrogen (secondary N) is 1. The van der Waals surface area contributed by atoms with Crippen LogP contribution in [0.4, 0.5) is 0 Å². The first-order valence-corrected chi connectivity index (χ1v) is 6.86. The average molecular weight is 276 g/mol. The molecule has 0 amide bonds. The van der Waals surface area contributed by atoms with Crippen LogP contribution in [0.25, 0.3) is 0 Å². The van der Waals surface area contributed by atoms with Crippen LogP contribution in [0.1, 0.15) is 17.5 Å². The molecule has 1 aromatic rings. The van der Waals surface area contributed by atoms with Crippen molar-refractivity contribution in [2.75, 3.05) is 26.7 Å². The number of rotatable bonds is 7. The molecule has 0 aromatic carbocycles. The van der Waals surface area contributed by atoms with Crippen LogP contribution in [0.3, 0.4) is 0 Å². The van der Waals surface area contributed by atoms with Crippen molar-refractivity contribution in [1.29, 1.82) is 0 Å². The molecule has 0 unspecified atom stereocenters. The number of aromatic carboxylic acids is 1. The lowest BCUT2D eigenvalue weighted by atomic mass is 10.5. The molecule has 8 heteroatoms. The van der Waals surface area contributed by atoms with Gasteiger partial charge in [-0.25, -0.2) is 17.9 Å². The molecule has 0 aliphatic carbocycles. The summed E-state index contributed by atoms with van der Waals surface area (Å²) < 4.78 is 30.5. The highest BCUT2D eigenvalue weighted by Crippen LogP contribution is 2.13. The van der Waals surface area contributed by atoms with E-state index in [1.54, 1.807) is 0 Å². The summed E-state index contributed by atoms with van der Waals surface area (Å²) in [5, 5.41) is 8.24. The van der Waals surface area contributed by atoms with Gasteiger partial charge in [-0.2, -0.15) is 0 Å². The zero-order chi connectivity index (χ0) is 13.8. The van der Waals surface area contributed by atoms with Crippen molar-refractivity contribution in [2.45, 2.75) is 12.0 Å². The molecule has 0 fully saturated rings. The molecule has 1 rings (SSSR count). The van der Waals surface area contributed by atoms with Crippen LogP contribution in [0.15, 0.2) is 21.6 Å². The van der Waals surface area contributed by atoms with E-state index in [1.165, 1.54) is 0 Å². The maximum atomic E-state index is 11.7.